The van der Waals surface area contributed by atoms with E-state index in [2.05, 4.69) is 4.90 Å². The minimum Gasteiger partial charge on any atom is -0.379 e. The Balaban J connectivity index is 1.69. The second-order valence-corrected chi connectivity index (χ2v) is 8.75. The van der Waals surface area contributed by atoms with E-state index in [4.69, 9.17) is 15.5 Å². The standard InChI is InChI=1S/C20H22N4O3S2/c21-17(25)13-28-20-22-15-12-16(14-4-2-1-3-5-14)29-18(15)19(26)24(20)7-6-23-8-10-27-11-9-23/h1-5,12H,6-11,13H2,(H2,21,25). The number of fused-ring (bicyclic) bond motifs is 1. The summed E-state index contributed by atoms with van der Waals surface area (Å²) in [6, 6.07) is 11.9. The lowest BCUT2D eigenvalue weighted by atomic mass is 10.2. The van der Waals surface area contributed by atoms with Crippen LogP contribution < -0.4 is 11.3 Å². The Morgan fingerprint density at radius 1 is 1.21 bits per heavy atom. The molecule has 152 valence electrons. The summed E-state index contributed by atoms with van der Waals surface area (Å²) in [5.74, 6) is -0.343. The smallest absolute Gasteiger partial charge is 0.272 e. The number of ether oxygens (including phenoxy) is 1. The van der Waals surface area contributed by atoms with E-state index in [1.54, 1.807) is 4.57 Å². The van der Waals surface area contributed by atoms with Gasteiger partial charge in [-0.15, -0.1) is 11.3 Å². The van der Waals surface area contributed by atoms with Crippen LogP contribution in [0.15, 0.2) is 46.3 Å². The van der Waals surface area contributed by atoms with Crippen molar-refractivity contribution in [3.05, 3.63) is 46.8 Å². The van der Waals surface area contributed by atoms with Crippen molar-refractivity contribution in [2.24, 2.45) is 5.73 Å². The van der Waals surface area contributed by atoms with Crippen LogP contribution in [0.5, 0.6) is 0 Å². The van der Waals surface area contributed by atoms with E-state index in [0.717, 1.165) is 30.1 Å². The van der Waals surface area contributed by atoms with Crippen LogP contribution in [0.3, 0.4) is 0 Å². The van der Waals surface area contributed by atoms with E-state index in [0.29, 0.717) is 35.1 Å². The molecule has 29 heavy (non-hydrogen) atoms. The number of carbonyl (C=O) groups excluding carboxylic acids is 1. The highest BCUT2D eigenvalue weighted by Gasteiger charge is 2.17. The average molecular weight is 431 g/mol. The lowest BCUT2D eigenvalue weighted by Crippen LogP contribution is -2.39. The van der Waals surface area contributed by atoms with Crippen molar-refractivity contribution in [3.63, 3.8) is 0 Å². The Labute approximate surface area is 176 Å². The minimum absolute atomic E-state index is 0.0672. The molecule has 0 atom stereocenters. The van der Waals surface area contributed by atoms with Crippen molar-refractivity contribution in [2.75, 3.05) is 38.6 Å². The van der Waals surface area contributed by atoms with Crippen molar-refractivity contribution in [2.45, 2.75) is 11.7 Å². The summed E-state index contributed by atoms with van der Waals surface area (Å²) in [5, 5.41) is 0.534. The van der Waals surface area contributed by atoms with Crippen LogP contribution in [0.4, 0.5) is 0 Å². The van der Waals surface area contributed by atoms with Gasteiger partial charge in [0.2, 0.25) is 5.91 Å². The van der Waals surface area contributed by atoms with E-state index >= 15 is 0 Å². The highest BCUT2D eigenvalue weighted by atomic mass is 32.2. The third-order valence-electron chi connectivity index (χ3n) is 4.74. The molecule has 1 aromatic carbocycles. The highest BCUT2D eigenvalue weighted by molar-refractivity contribution is 7.99. The molecule has 0 aliphatic carbocycles. The summed E-state index contributed by atoms with van der Waals surface area (Å²) in [4.78, 5) is 32.5. The number of primary amides is 1. The number of nitrogens with two attached hydrogens (primary N) is 1. The highest BCUT2D eigenvalue weighted by Crippen LogP contribution is 2.31. The first-order valence-electron chi connectivity index (χ1n) is 9.43. The second kappa shape index (κ2) is 9.08. The average Bonchev–Trinajstić information content (AvgIpc) is 3.17. The molecule has 0 saturated carbocycles. The number of hydrogen-bond acceptors (Lipinski definition) is 7. The lowest BCUT2D eigenvalue weighted by Gasteiger charge is -2.27. The van der Waals surface area contributed by atoms with Crippen molar-refractivity contribution in [3.8, 4) is 10.4 Å². The molecule has 1 aliphatic rings. The number of nitrogens with zero attached hydrogens (tertiary/aromatic N) is 3. The first-order valence-corrected chi connectivity index (χ1v) is 11.2. The number of thiophene rings is 1. The van der Waals surface area contributed by atoms with Crippen molar-refractivity contribution in [1.29, 1.82) is 0 Å². The molecule has 1 aliphatic heterocycles. The molecule has 0 bridgehead atoms. The molecular weight excluding hydrogens is 408 g/mol. The number of rotatable bonds is 7. The molecule has 1 saturated heterocycles. The zero-order valence-electron chi connectivity index (χ0n) is 15.9. The van der Waals surface area contributed by atoms with Crippen LogP contribution in [0.25, 0.3) is 20.7 Å². The van der Waals surface area contributed by atoms with Gasteiger partial charge < -0.3 is 10.5 Å². The maximum atomic E-state index is 13.3. The zero-order valence-corrected chi connectivity index (χ0v) is 17.5. The molecule has 0 unspecified atom stereocenters. The van der Waals surface area contributed by atoms with Gasteiger partial charge in [-0.2, -0.15) is 0 Å². The summed E-state index contributed by atoms with van der Waals surface area (Å²) < 4.78 is 7.70. The molecule has 2 N–H and O–H groups in total. The van der Waals surface area contributed by atoms with Crippen molar-refractivity contribution < 1.29 is 9.53 Å². The number of aromatic nitrogens is 2. The van der Waals surface area contributed by atoms with Gasteiger partial charge in [0.05, 0.1) is 24.5 Å². The van der Waals surface area contributed by atoms with Gasteiger partial charge in [-0.05, 0) is 11.6 Å². The molecule has 2 aromatic heterocycles. The monoisotopic (exact) mass is 430 g/mol. The van der Waals surface area contributed by atoms with Gasteiger partial charge in [0, 0.05) is 31.1 Å². The van der Waals surface area contributed by atoms with Gasteiger partial charge in [0.15, 0.2) is 5.16 Å². The van der Waals surface area contributed by atoms with Crippen LogP contribution in [0.2, 0.25) is 0 Å². The zero-order chi connectivity index (χ0) is 20.2. The molecule has 1 amide bonds. The number of amides is 1. The van der Waals surface area contributed by atoms with E-state index in [-0.39, 0.29) is 11.3 Å². The number of morpholine rings is 1. The molecule has 0 spiro atoms. The van der Waals surface area contributed by atoms with Gasteiger partial charge in [0.25, 0.3) is 5.56 Å². The Bertz CT molecular complexity index is 1060. The maximum Gasteiger partial charge on any atom is 0.272 e. The summed E-state index contributed by atoms with van der Waals surface area (Å²) in [6.45, 7) is 4.37. The quantitative estimate of drug-likeness (QED) is 0.456. The molecule has 1 fully saturated rings. The SMILES string of the molecule is NC(=O)CSc1nc2cc(-c3ccccc3)sc2c(=O)n1CCN1CCOCC1. The lowest BCUT2D eigenvalue weighted by molar-refractivity contribution is -0.115. The normalized spacial score (nSPS) is 15.0. The fourth-order valence-corrected chi connectivity index (χ4v) is 5.06. The number of benzene rings is 1. The first-order chi connectivity index (χ1) is 14.1. The van der Waals surface area contributed by atoms with E-state index in [9.17, 15) is 9.59 Å². The molecular formula is C20H22N4O3S2. The molecule has 9 heteroatoms. The van der Waals surface area contributed by atoms with Gasteiger partial charge in [0.1, 0.15) is 4.70 Å². The Kier molecular flexibility index (Phi) is 6.29. The Morgan fingerprint density at radius 2 is 1.97 bits per heavy atom. The van der Waals surface area contributed by atoms with E-state index in [1.165, 1.54) is 23.1 Å². The van der Waals surface area contributed by atoms with Gasteiger partial charge in [-0.3, -0.25) is 19.1 Å². The van der Waals surface area contributed by atoms with Crippen LogP contribution in [0, 0.1) is 0 Å². The predicted octanol–water partition coefficient (Wildman–Crippen LogP) is 2.03. The summed E-state index contributed by atoms with van der Waals surface area (Å²) in [7, 11) is 0. The van der Waals surface area contributed by atoms with Crippen molar-refractivity contribution in [1.82, 2.24) is 14.5 Å². The number of carbonyl (C=O) groups is 1. The molecule has 4 rings (SSSR count). The minimum atomic E-state index is -0.431. The van der Waals surface area contributed by atoms with Crippen LogP contribution >= 0.6 is 23.1 Å². The van der Waals surface area contributed by atoms with Gasteiger partial charge >= 0.3 is 0 Å². The Hall–Kier alpha value is -2.20. The second-order valence-electron chi connectivity index (χ2n) is 6.75. The number of thioether (sulfide) groups is 1. The van der Waals surface area contributed by atoms with Gasteiger partial charge in [-0.1, -0.05) is 42.1 Å². The largest absolute Gasteiger partial charge is 0.379 e. The fourth-order valence-electron chi connectivity index (χ4n) is 3.24. The van der Waals surface area contributed by atoms with E-state index in [1.807, 2.05) is 36.4 Å². The van der Waals surface area contributed by atoms with Gasteiger partial charge in [-0.25, -0.2) is 4.98 Å². The maximum absolute atomic E-state index is 13.3. The van der Waals surface area contributed by atoms with Crippen LogP contribution in [-0.4, -0.2) is 59.0 Å². The van der Waals surface area contributed by atoms with Crippen LogP contribution in [0.1, 0.15) is 0 Å². The summed E-state index contributed by atoms with van der Waals surface area (Å²) in [5.41, 5.74) is 6.97. The third kappa shape index (κ3) is 4.69. The fraction of sp³-hybridized carbons (Fsp3) is 0.350. The first kappa shape index (κ1) is 20.1. The summed E-state index contributed by atoms with van der Waals surface area (Å²) in [6.07, 6.45) is 0. The molecule has 0 radical (unpaired) electrons. The molecule has 3 aromatic rings. The Morgan fingerprint density at radius 3 is 2.69 bits per heavy atom. The topological polar surface area (TPSA) is 90.5 Å². The van der Waals surface area contributed by atoms with E-state index < -0.39 is 5.91 Å². The predicted molar refractivity (Wildman–Crippen MR) is 116 cm³/mol. The number of hydrogen-bond donors (Lipinski definition) is 1. The molecule has 7 nitrogen and oxygen atoms in total. The van der Waals surface area contributed by atoms with Crippen LogP contribution in [-0.2, 0) is 16.1 Å². The molecule has 3 heterocycles. The summed E-state index contributed by atoms with van der Waals surface area (Å²) >= 11 is 2.67. The van der Waals surface area contributed by atoms with Crippen molar-refractivity contribution >= 4 is 39.2 Å². The third-order valence-corrected chi connectivity index (χ3v) is 6.90.